The maximum atomic E-state index is 13.7. The number of nitrogens with zero attached hydrogens (tertiary/aromatic N) is 3. The van der Waals surface area contributed by atoms with Gasteiger partial charge in [-0.25, -0.2) is 4.79 Å². The summed E-state index contributed by atoms with van der Waals surface area (Å²) in [5.74, 6) is 0.166. The lowest BCUT2D eigenvalue weighted by atomic mass is 9.99. The Morgan fingerprint density at radius 2 is 1.80 bits per heavy atom. The van der Waals surface area contributed by atoms with Crippen molar-refractivity contribution in [3.8, 4) is 11.5 Å². The van der Waals surface area contributed by atoms with Gasteiger partial charge in [0.1, 0.15) is 17.6 Å². The molecule has 11 heteroatoms. The molecule has 1 aliphatic rings. The van der Waals surface area contributed by atoms with Gasteiger partial charge in [-0.3, -0.25) is 14.6 Å². The maximum Gasteiger partial charge on any atom is 0.321 e. The van der Waals surface area contributed by atoms with E-state index < -0.39 is 12.1 Å². The van der Waals surface area contributed by atoms with Gasteiger partial charge >= 0.3 is 6.03 Å². The number of likely N-dealkylation sites (N-methyl/N-ethyl adjacent to an activating group) is 1. The van der Waals surface area contributed by atoms with Crippen LogP contribution >= 0.6 is 0 Å². The number of hydrogen-bond donors (Lipinski definition) is 3. The normalized spacial score (nSPS) is 17.3. The largest absolute Gasteiger partial charge is 0.497 e. The second-order valence-electron chi connectivity index (χ2n) is 10.1. The van der Waals surface area contributed by atoms with Crippen LogP contribution in [0.2, 0.25) is 0 Å². The Bertz CT molecular complexity index is 1370. The Labute approximate surface area is 239 Å². The highest BCUT2D eigenvalue weighted by Gasteiger charge is 2.34. The highest BCUT2D eigenvalue weighted by Crippen LogP contribution is 2.31. The zero-order chi connectivity index (χ0) is 29.5. The molecule has 3 aromatic rings. The number of amides is 4. The van der Waals surface area contributed by atoms with Crippen molar-refractivity contribution < 1.29 is 29.0 Å². The van der Waals surface area contributed by atoms with Gasteiger partial charge in [0.05, 0.1) is 31.9 Å². The number of carbonyl (C=O) groups is 3. The molecule has 0 saturated heterocycles. The minimum absolute atomic E-state index is 0.177. The van der Waals surface area contributed by atoms with Crippen LogP contribution in [0.3, 0.4) is 0 Å². The number of benzene rings is 2. The monoisotopic (exact) mass is 561 g/mol. The van der Waals surface area contributed by atoms with E-state index in [0.717, 1.165) is 0 Å². The van der Waals surface area contributed by atoms with Gasteiger partial charge in [0, 0.05) is 48.8 Å². The number of ether oxygens (including phenoxy) is 2. The van der Waals surface area contributed by atoms with Gasteiger partial charge in [-0.15, -0.1) is 0 Å². The summed E-state index contributed by atoms with van der Waals surface area (Å²) in [4.78, 5) is 46.4. The van der Waals surface area contributed by atoms with Crippen molar-refractivity contribution in [2.75, 3.05) is 44.5 Å². The van der Waals surface area contributed by atoms with Crippen molar-refractivity contribution >= 4 is 29.2 Å². The molecule has 2 aromatic carbocycles. The number of fused-ring (bicyclic) bond motifs is 1. The quantitative estimate of drug-likeness (QED) is 0.382. The lowest BCUT2D eigenvalue weighted by Gasteiger charge is -2.38. The SMILES string of the molecule is COc1ccc(NC(=O)N(C)C[C@H]2Oc3ccc(NC(=O)c4ccncc4)cc3C(=O)N([C@@H](C)CO)C[C@@H]2C)cc1. The molecular formula is C30H35N5O6. The van der Waals surface area contributed by atoms with Crippen LogP contribution in [-0.2, 0) is 0 Å². The van der Waals surface area contributed by atoms with Crippen molar-refractivity contribution in [2.45, 2.75) is 26.0 Å². The summed E-state index contributed by atoms with van der Waals surface area (Å²) in [5, 5.41) is 15.6. The van der Waals surface area contributed by atoms with Crippen LogP contribution < -0.4 is 20.1 Å². The van der Waals surface area contributed by atoms with Gasteiger partial charge in [0.15, 0.2) is 0 Å². The first kappa shape index (κ1) is 29.3. The number of pyridine rings is 1. The predicted molar refractivity (Wildman–Crippen MR) is 154 cm³/mol. The van der Waals surface area contributed by atoms with Gasteiger partial charge in [-0.2, -0.15) is 0 Å². The molecule has 1 aliphatic heterocycles. The smallest absolute Gasteiger partial charge is 0.321 e. The molecular weight excluding hydrogens is 526 g/mol. The molecule has 11 nitrogen and oxygen atoms in total. The molecule has 3 atom stereocenters. The van der Waals surface area contributed by atoms with E-state index >= 15 is 0 Å². The Balaban J connectivity index is 1.56. The average Bonchev–Trinajstić information content (AvgIpc) is 2.99. The summed E-state index contributed by atoms with van der Waals surface area (Å²) in [6, 6.07) is 14.3. The van der Waals surface area contributed by atoms with Crippen molar-refractivity contribution in [1.82, 2.24) is 14.8 Å². The van der Waals surface area contributed by atoms with Crippen molar-refractivity contribution in [2.24, 2.45) is 5.92 Å². The lowest BCUT2D eigenvalue weighted by Crippen LogP contribution is -2.50. The summed E-state index contributed by atoms with van der Waals surface area (Å²) in [7, 11) is 3.25. The van der Waals surface area contributed by atoms with Crippen LogP contribution in [0.15, 0.2) is 67.0 Å². The molecule has 0 bridgehead atoms. The zero-order valence-electron chi connectivity index (χ0n) is 23.5. The molecule has 0 radical (unpaired) electrons. The lowest BCUT2D eigenvalue weighted by molar-refractivity contribution is 0.0371. The number of aliphatic hydroxyl groups excluding tert-OH is 1. The van der Waals surface area contributed by atoms with Crippen LogP contribution in [0, 0.1) is 5.92 Å². The third-order valence-electron chi connectivity index (χ3n) is 7.01. The van der Waals surface area contributed by atoms with Crippen LogP contribution in [0.5, 0.6) is 11.5 Å². The third-order valence-corrected chi connectivity index (χ3v) is 7.01. The van der Waals surface area contributed by atoms with E-state index in [-0.39, 0.29) is 42.5 Å². The number of anilines is 2. The fourth-order valence-electron chi connectivity index (χ4n) is 4.47. The Hall–Kier alpha value is -4.64. The summed E-state index contributed by atoms with van der Waals surface area (Å²) in [6.07, 6.45) is 2.58. The van der Waals surface area contributed by atoms with E-state index in [1.165, 1.54) is 17.3 Å². The summed E-state index contributed by atoms with van der Waals surface area (Å²) in [5.41, 5.74) is 1.71. The number of aromatic nitrogens is 1. The molecule has 216 valence electrons. The molecule has 3 N–H and O–H groups in total. The number of carbonyl (C=O) groups excluding carboxylic acids is 3. The van der Waals surface area contributed by atoms with Crippen LogP contribution in [0.25, 0.3) is 0 Å². The molecule has 2 heterocycles. The third kappa shape index (κ3) is 7.12. The minimum atomic E-state index is -0.473. The molecule has 1 aromatic heterocycles. The highest BCUT2D eigenvalue weighted by atomic mass is 16.5. The van der Waals surface area contributed by atoms with E-state index in [2.05, 4.69) is 15.6 Å². The van der Waals surface area contributed by atoms with E-state index in [1.807, 2.05) is 6.92 Å². The van der Waals surface area contributed by atoms with Crippen LogP contribution in [0.1, 0.15) is 34.6 Å². The standard InChI is InChI=1S/C30H35N5O6/c1-19-16-35(20(2)18-36)29(38)25-15-23(32-28(37)21-11-13-31-14-12-21)7-10-26(25)41-27(19)17-34(3)30(39)33-22-5-8-24(40-4)9-6-22/h5-15,19-20,27,36H,16-18H2,1-4H3,(H,32,37)(H,33,39)/t19-,20-,27+/m0/s1. The van der Waals surface area contributed by atoms with E-state index in [4.69, 9.17) is 9.47 Å². The fraction of sp³-hybridized carbons (Fsp3) is 0.333. The summed E-state index contributed by atoms with van der Waals surface area (Å²) in [6.45, 7) is 4.02. The zero-order valence-corrected chi connectivity index (χ0v) is 23.5. The first-order valence-corrected chi connectivity index (χ1v) is 13.3. The van der Waals surface area contributed by atoms with Crippen LogP contribution in [-0.4, -0.2) is 83.7 Å². The van der Waals surface area contributed by atoms with Crippen molar-refractivity contribution in [3.05, 3.63) is 78.1 Å². The predicted octanol–water partition coefficient (Wildman–Crippen LogP) is 3.73. The topological polar surface area (TPSA) is 133 Å². The second kappa shape index (κ2) is 13.1. The Morgan fingerprint density at radius 1 is 1.12 bits per heavy atom. The molecule has 0 saturated carbocycles. The maximum absolute atomic E-state index is 13.7. The van der Waals surface area contributed by atoms with Gasteiger partial charge in [-0.05, 0) is 61.5 Å². The number of aliphatic hydroxyl groups is 1. The van der Waals surface area contributed by atoms with Gasteiger partial charge < -0.3 is 35.0 Å². The number of hydrogen-bond acceptors (Lipinski definition) is 7. The molecule has 4 rings (SSSR count). The summed E-state index contributed by atoms with van der Waals surface area (Å²) >= 11 is 0. The van der Waals surface area contributed by atoms with E-state index in [0.29, 0.717) is 35.0 Å². The van der Waals surface area contributed by atoms with Gasteiger partial charge in [-0.1, -0.05) is 6.92 Å². The number of rotatable bonds is 8. The van der Waals surface area contributed by atoms with Crippen molar-refractivity contribution in [1.29, 1.82) is 0 Å². The number of methoxy groups -OCH3 is 1. The summed E-state index contributed by atoms with van der Waals surface area (Å²) < 4.78 is 11.5. The first-order valence-electron chi connectivity index (χ1n) is 13.3. The number of nitrogens with one attached hydrogen (secondary N) is 2. The molecule has 0 spiro atoms. The highest BCUT2D eigenvalue weighted by molar-refractivity contribution is 6.05. The number of urea groups is 1. The van der Waals surface area contributed by atoms with Gasteiger partial charge in [0.25, 0.3) is 11.8 Å². The molecule has 0 unspecified atom stereocenters. The molecule has 41 heavy (non-hydrogen) atoms. The molecule has 4 amide bonds. The average molecular weight is 562 g/mol. The van der Waals surface area contributed by atoms with Crippen molar-refractivity contribution in [3.63, 3.8) is 0 Å². The Kier molecular flexibility index (Phi) is 9.41. The molecule has 0 fully saturated rings. The van der Waals surface area contributed by atoms with E-state index in [9.17, 15) is 19.5 Å². The minimum Gasteiger partial charge on any atom is -0.497 e. The second-order valence-corrected chi connectivity index (χ2v) is 10.1. The molecule has 0 aliphatic carbocycles. The first-order chi connectivity index (χ1) is 19.7. The van der Waals surface area contributed by atoms with E-state index in [1.54, 1.807) is 80.6 Å². The van der Waals surface area contributed by atoms with Gasteiger partial charge in [0.2, 0.25) is 0 Å². The van der Waals surface area contributed by atoms with Crippen LogP contribution in [0.4, 0.5) is 16.2 Å². The Morgan fingerprint density at radius 3 is 2.46 bits per heavy atom. The fourth-order valence-corrected chi connectivity index (χ4v) is 4.47.